The summed E-state index contributed by atoms with van der Waals surface area (Å²) in [5.41, 5.74) is 0.981. The molecule has 1 saturated heterocycles. The topological polar surface area (TPSA) is 20.3 Å². The zero-order chi connectivity index (χ0) is 12.5. The SMILES string of the molecule is CC(C)(c1ccc(Br)cc1)N1CCCCC1=O. The lowest BCUT2D eigenvalue weighted by molar-refractivity contribution is -0.139. The standard InChI is InChI=1S/C14H18BrNO/c1-14(2,11-6-8-12(15)9-7-11)16-10-4-3-5-13(16)17/h6-9H,3-5,10H2,1-2H3. The van der Waals surface area contributed by atoms with Gasteiger partial charge in [0, 0.05) is 17.4 Å². The zero-order valence-electron chi connectivity index (χ0n) is 10.4. The lowest BCUT2D eigenvalue weighted by atomic mass is 9.90. The van der Waals surface area contributed by atoms with Crippen LogP contribution in [0.2, 0.25) is 0 Å². The van der Waals surface area contributed by atoms with Crippen molar-refractivity contribution in [2.45, 2.75) is 38.6 Å². The van der Waals surface area contributed by atoms with E-state index in [1.807, 2.05) is 17.0 Å². The molecule has 0 N–H and O–H groups in total. The number of rotatable bonds is 2. The van der Waals surface area contributed by atoms with Crippen LogP contribution in [0.15, 0.2) is 28.7 Å². The monoisotopic (exact) mass is 295 g/mol. The molecule has 17 heavy (non-hydrogen) atoms. The Hall–Kier alpha value is -0.830. The molecule has 1 aromatic rings. The number of carbonyl (C=O) groups is 1. The van der Waals surface area contributed by atoms with Gasteiger partial charge in [-0.05, 0) is 44.4 Å². The number of nitrogens with zero attached hydrogens (tertiary/aromatic N) is 1. The van der Waals surface area contributed by atoms with E-state index in [0.29, 0.717) is 6.42 Å². The fourth-order valence-corrected chi connectivity index (χ4v) is 2.67. The maximum Gasteiger partial charge on any atom is 0.223 e. The highest BCUT2D eigenvalue weighted by atomic mass is 79.9. The predicted octanol–water partition coefficient (Wildman–Crippen LogP) is 3.70. The quantitative estimate of drug-likeness (QED) is 0.815. The third-order valence-electron chi connectivity index (χ3n) is 3.55. The van der Waals surface area contributed by atoms with Crippen LogP contribution >= 0.6 is 15.9 Å². The molecule has 0 unspecified atom stereocenters. The van der Waals surface area contributed by atoms with Crippen LogP contribution < -0.4 is 0 Å². The second-order valence-corrected chi connectivity index (χ2v) is 5.98. The Morgan fingerprint density at radius 1 is 1.18 bits per heavy atom. The summed E-state index contributed by atoms with van der Waals surface area (Å²) in [6, 6.07) is 8.24. The first-order valence-electron chi connectivity index (χ1n) is 6.08. The Bertz CT molecular complexity index is 411. The van der Waals surface area contributed by atoms with Crippen molar-refractivity contribution >= 4 is 21.8 Å². The molecule has 0 aromatic heterocycles. The molecular weight excluding hydrogens is 278 g/mol. The summed E-state index contributed by atoms with van der Waals surface area (Å²) < 4.78 is 1.07. The van der Waals surface area contributed by atoms with Crippen LogP contribution in [-0.2, 0) is 10.3 Å². The van der Waals surface area contributed by atoms with Crippen molar-refractivity contribution in [1.29, 1.82) is 0 Å². The largest absolute Gasteiger partial charge is 0.334 e. The van der Waals surface area contributed by atoms with Gasteiger partial charge in [0.2, 0.25) is 5.91 Å². The minimum atomic E-state index is -0.210. The van der Waals surface area contributed by atoms with Crippen LogP contribution in [-0.4, -0.2) is 17.4 Å². The van der Waals surface area contributed by atoms with Gasteiger partial charge in [-0.25, -0.2) is 0 Å². The van der Waals surface area contributed by atoms with Gasteiger partial charge in [0.15, 0.2) is 0 Å². The van der Waals surface area contributed by atoms with Crippen molar-refractivity contribution in [3.05, 3.63) is 34.3 Å². The lowest BCUT2D eigenvalue weighted by Gasteiger charge is -2.41. The Morgan fingerprint density at radius 3 is 2.41 bits per heavy atom. The Labute approximate surface area is 111 Å². The average molecular weight is 296 g/mol. The van der Waals surface area contributed by atoms with Crippen LogP contribution in [0.5, 0.6) is 0 Å². The first kappa shape index (κ1) is 12.6. The van der Waals surface area contributed by atoms with E-state index >= 15 is 0 Å². The van der Waals surface area contributed by atoms with Gasteiger partial charge in [-0.2, -0.15) is 0 Å². The zero-order valence-corrected chi connectivity index (χ0v) is 12.0. The predicted molar refractivity (Wildman–Crippen MR) is 72.7 cm³/mol. The van der Waals surface area contributed by atoms with Gasteiger partial charge in [0.25, 0.3) is 0 Å². The molecule has 1 amide bonds. The number of piperidine rings is 1. The second-order valence-electron chi connectivity index (χ2n) is 5.07. The molecule has 3 heteroatoms. The van der Waals surface area contributed by atoms with Gasteiger partial charge in [-0.1, -0.05) is 28.1 Å². The van der Waals surface area contributed by atoms with Gasteiger partial charge in [0.05, 0.1) is 5.54 Å². The molecule has 0 spiro atoms. The van der Waals surface area contributed by atoms with Gasteiger partial charge < -0.3 is 4.90 Å². The van der Waals surface area contributed by atoms with E-state index in [0.717, 1.165) is 23.9 Å². The molecule has 1 aliphatic rings. The molecule has 2 nitrogen and oxygen atoms in total. The van der Waals surface area contributed by atoms with Crippen molar-refractivity contribution in [2.75, 3.05) is 6.54 Å². The summed E-state index contributed by atoms with van der Waals surface area (Å²) in [5.74, 6) is 0.282. The molecule has 0 radical (unpaired) electrons. The van der Waals surface area contributed by atoms with E-state index in [9.17, 15) is 4.79 Å². The van der Waals surface area contributed by atoms with Crippen molar-refractivity contribution in [3.8, 4) is 0 Å². The van der Waals surface area contributed by atoms with Gasteiger partial charge >= 0.3 is 0 Å². The fraction of sp³-hybridized carbons (Fsp3) is 0.500. The number of likely N-dealkylation sites (tertiary alicyclic amines) is 1. The molecule has 1 aromatic carbocycles. The normalized spacial score (nSPS) is 17.4. The summed E-state index contributed by atoms with van der Waals surface area (Å²) in [4.78, 5) is 14.0. The third-order valence-corrected chi connectivity index (χ3v) is 4.08. The average Bonchev–Trinajstić information content (AvgIpc) is 2.30. The summed E-state index contributed by atoms with van der Waals surface area (Å²) in [7, 11) is 0. The highest BCUT2D eigenvalue weighted by Gasteiger charge is 2.33. The highest BCUT2D eigenvalue weighted by Crippen LogP contribution is 2.31. The molecule has 1 heterocycles. The van der Waals surface area contributed by atoms with Crippen molar-refractivity contribution in [1.82, 2.24) is 4.90 Å². The first-order chi connectivity index (χ1) is 8.01. The smallest absolute Gasteiger partial charge is 0.223 e. The van der Waals surface area contributed by atoms with Crippen LogP contribution in [0.3, 0.4) is 0 Å². The Morgan fingerprint density at radius 2 is 1.82 bits per heavy atom. The maximum absolute atomic E-state index is 12.0. The molecule has 1 fully saturated rings. The maximum atomic E-state index is 12.0. The summed E-state index contributed by atoms with van der Waals surface area (Å²) in [5, 5.41) is 0. The second kappa shape index (κ2) is 4.81. The number of amides is 1. The van der Waals surface area contributed by atoms with E-state index in [4.69, 9.17) is 0 Å². The van der Waals surface area contributed by atoms with Gasteiger partial charge in [-0.15, -0.1) is 0 Å². The molecule has 0 saturated carbocycles. The van der Waals surface area contributed by atoms with Crippen molar-refractivity contribution in [3.63, 3.8) is 0 Å². The molecule has 1 aliphatic heterocycles. The fourth-order valence-electron chi connectivity index (χ4n) is 2.41. The van der Waals surface area contributed by atoms with E-state index < -0.39 is 0 Å². The molecular formula is C14H18BrNO. The van der Waals surface area contributed by atoms with E-state index in [1.54, 1.807) is 0 Å². The van der Waals surface area contributed by atoms with E-state index in [2.05, 4.69) is 41.9 Å². The van der Waals surface area contributed by atoms with E-state index in [-0.39, 0.29) is 11.4 Å². The molecule has 0 aliphatic carbocycles. The summed E-state index contributed by atoms with van der Waals surface area (Å²) in [6.45, 7) is 5.13. The molecule has 0 atom stereocenters. The van der Waals surface area contributed by atoms with Crippen molar-refractivity contribution in [2.24, 2.45) is 0 Å². The molecule has 0 bridgehead atoms. The summed E-state index contributed by atoms with van der Waals surface area (Å²) >= 11 is 3.44. The van der Waals surface area contributed by atoms with Gasteiger partial charge in [0.1, 0.15) is 0 Å². The minimum Gasteiger partial charge on any atom is -0.334 e. The number of hydrogen-bond acceptors (Lipinski definition) is 1. The first-order valence-corrected chi connectivity index (χ1v) is 6.87. The number of hydrogen-bond donors (Lipinski definition) is 0. The number of benzene rings is 1. The van der Waals surface area contributed by atoms with Crippen molar-refractivity contribution < 1.29 is 4.79 Å². The Balaban J connectivity index is 2.28. The van der Waals surface area contributed by atoms with Crippen LogP contribution in [0.1, 0.15) is 38.7 Å². The number of carbonyl (C=O) groups excluding carboxylic acids is 1. The van der Waals surface area contributed by atoms with Crippen LogP contribution in [0.25, 0.3) is 0 Å². The highest BCUT2D eigenvalue weighted by molar-refractivity contribution is 9.10. The Kier molecular flexibility index (Phi) is 3.57. The van der Waals surface area contributed by atoms with Crippen LogP contribution in [0.4, 0.5) is 0 Å². The minimum absolute atomic E-state index is 0.210. The van der Waals surface area contributed by atoms with Crippen LogP contribution in [0, 0.1) is 0 Å². The summed E-state index contributed by atoms with van der Waals surface area (Å²) in [6.07, 6.45) is 2.84. The van der Waals surface area contributed by atoms with Gasteiger partial charge in [-0.3, -0.25) is 4.79 Å². The number of halogens is 1. The van der Waals surface area contributed by atoms with E-state index in [1.165, 1.54) is 5.56 Å². The lowest BCUT2D eigenvalue weighted by Crippen LogP contribution is -2.47. The molecule has 2 rings (SSSR count). The third kappa shape index (κ3) is 2.54. The molecule has 92 valence electrons.